The molecule has 0 unspecified atom stereocenters. The Kier molecular flexibility index (Phi) is 3.78. The Hall–Kier alpha value is -0.730. The van der Waals surface area contributed by atoms with Crippen LogP contribution in [0.2, 0.25) is 5.02 Å². The fraction of sp³-hybridized carbons (Fsp3) is 0.455. The van der Waals surface area contributed by atoms with Crippen molar-refractivity contribution in [1.29, 1.82) is 0 Å². The van der Waals surface area contributed by atoms with Crippen LogP contribution in [0.15, 0.2) is 24.3 Å². The summed E-state index contributed by atoms with van der Waals surface area (Å²) in [5.41, 5.74) is 6.64. The molecule has 1 aromatic carbocycles. The van der Waals surface area contributed by atoms with Crippen molar-refractivity contribution in [3.05, 3.63) is 29.3 Å². The van der Waals surface area contributed by atoms with Crippen LogP contribution in [0.25, 0.3) is 0 Å². The van der Waals surface area contributed by atoms with Crippen LogP contribution < -0.4 is 11.1 Å². The summed E-state index contributed by atoms with van der Waals surface area (Å²) in [4.78, 5) is 0. The Labute approximate surface area is 90.4 Å². The van der Waals surface area contributed by atoms with Crippen molar-refractivity contribution < 1.29 is 0 Å². The summed E-state index contributed by atoms with van der Waals surface area (Å²) < 4.78 is 0. The first-order valence-electron chi connectivity index (χ1n) is 4.77. The van der Waals surface area contributed by atoms with Gasteiger partial charge in [0.05, 0.1) is 0 Å². The average Bonchev–Trinajstić information content (AvgIpc) is 2.08. The van der Waals surface area contributed by atoms with E-state index in [4.69, 9.17) is 17.3 Å². The molecule has 0 bridgehead atoms. The molecular formula is C11H17ClN2. The second-order valence-electron chi connectivity index (χ2n) is 4.05. The van der Waals surface area contributed by atoms with Crippen molar-refractivity contribution in [3.63, 3.8) is 0 Å². The van der Waals surface area contributed by atoms with Crippen LogP contribution in [0.3, 0.4) is 0 Å². The number of halogens is 1. The molecule has 0 spiro atoms. The van der Waals surface area contributed by atoms with Gasteiger partial charge in [-0.25, -0.2) is 0 Å². The van der Waals surface area contributed by atoms with Gasteiger partial charge in [0.1, 0.15) is 0 Å². The molecule has 0 saturated carbocycles. The second kappa shape index (κ2) is 4.67. The zero-order valence-corrected chi connectivity index (χ0v) is 9.43. The van der Waals surface area contributed by atoms with E-state index in [0.717, 1.165) is 17.1 Å². The first-order chi connectivity index (χ1) is 6.53. The maximum absolute atomic E-state index is 5.80. The van der Waals surface area contributed by atoms with Gasteiger partial charge < -0.3 is 11.1 Å². The lowest BCUT2D eigenvalue weighted by Gasteiger charge is -2.27. The van der Waals surface area contributed by atoms with Gasteiger partial charge in [0.25, 0.3) is 0 Å². The minimum absolute atomic E-state index is 0.0303. The van der Waals surface area contributed by atoms with Crippen LogP contribution in [-0.4, -0.2) is 12.1 Å². The monoisotopic (exact) mass is 212 g/mol. The van der Waals surface area contributed by atoms with E-state index < -0.39 is 0 Å². The molecule has 1 rings (SSSR count). The number of nitrogens with one attached hydrogen (secondary N) is 1. The summed E-state index contributed by atoms with van der Waals surface area (Å²) in [7, 11) is 0. The zero-order chi connectivity index (χ0) is 10.6. The third-order valence-corrected chi connectivity index (χ3v) is 2.35. The van der Waals surface area contributed by atoms with Crippen molar-refractivity contribution in [2.75, 3.05) is 11.9 Å². The predicted molar refractivity (Wildman–Crippen MR) is 62.8 cm³/mol. The third-order valence-electron chi connectivity index (χ3n) is 2.10. The molecule has 0 saturated heterocycles. The number of hydrogen-bond acceptors (Lipinski definition) is 2. The minimum atomic E-state index is 0.0303. The summed E-state index contributed by atoms with van der Waals surface area (Å²) in [5.74, 6) is 0. The van der Waals surface area contributed by atoms with Crippen LogP contribution in [0.4, 0.5) is 5.69 Å². The van der Waals surface area contributed by atoms with E-state index in [0.29, 0.717) is 6.54 Å². The maximum atomic E-state index is 5.80. The van der Waals surface area contributed by atoms with E-state index in [1.165, 1.54) is 0 Å². The Balaban J connectivity index is 2.64. The fourth-order valence-corrected chi connectivity index (χ4v) is 1.47. The van der Waals surface area contributed by atoms with Crippen LogP contribution in [0, 0.1) is 0 Å². The highest BCUT2D eigenvalue weighted by molar-refractivity contribution is 6.30. The molecule has 0 atom stereocenters. The van der Waals surface area contributed by atoms with Gasteiger partial charge in [-0.1, -0.05) is 11.6 Å². The Morgan fingerprint density at radius 2 is 1.86 bits per heavy atom. The molecule has 0 fully saturated rings. The molecular weight excluding hydrogens is 196 g/mol. The lowest BCUT2D eigenvalue weighted by Crippen LogP contribution is -2.33. The highest BCUT2D eigenvalue weighted by atomic mass is 35.5. The third kappa shape index (κ3) is 3.56. The van der Waals surface area contributed by atoms with Gasteiger partial charge in [-0.05, 0) is 51.1 Å². The van der Waals surface area contributed by atoms with E-state index in [1.807, 2.05) is 24.3 Å². The molecule has 1 aromatic rings. The molecule has 0 aliphatic carbocycles. The lowest BCUT2D eigenvalue weighted by atomic mass is 10.0. The van der Waals surface area contributed by atoms with Gasteiger partial charge in [0, 0.05) is 16.2 Å². The average molecular weight is 213 g/mol. The lowest BCUT2D eigenvalue weighted by molar-refractivity contribution is 0.526. The van der Waals surface area contributed by atoms with Gasteiger partial charge in [0.15, 0.2) is 0 Å². The van der Waals surface area contributed by atoms with Gasteiger partial charge in [-0.3, -0.25) is 0 Å². The van der Waals surface area contributed by atoms with Crippen molar-refractivity contribution >= 4 is 17.3 Å². The summed E-state index contributed by atoms with van der Waals surface area (Å²) in [6.45, 7) is 4.95. The molecule has 0 amide bonds. The Morgan fingerprint density at radius 3 is 2.36 bits per heavy atom. The molecule has 0 aliphatic rings. The number of benzene rings is 1. The number of anilines is 1. The van der Waals surface area contributed by atoms with Crippen LogP contribution in [-0.2, 0) is 0 Å². The molecule has 2 nitrogen and oxygen atoms in total. The first kappa shape index (κ1) is 11.3. The molecule has 0 aromatic heterocycles. The Bertz CT molecular complexity index is 280. The van der Waals surface area contributed by atoms with Crippen LogP contribution >= 0.6 is 11.6 Å². The normalized spacial score (nSPS) is 11.4. The smallest absolute Gasteiger partial charge is 0.0407 e. The molecule has 0 heterocycles. The van der Waals surface area contributed by atoms with Crippen molar-refractivity contribution in [3.8, 4) is 0 Å². The number of nitrogens with two attached hydrogens (primary N) is 1. The van der Waals surface area contributed by atoms with E-state index in [-0.39, 0.29) is 5.54 Å². The zero-order valence-electron chi connectivity index (χ0n) is 8.68. The highest BCUT2D eigenvalue weighted by Crippen LogP contribution is 2.19. The molecule has 0 radical (unpaired) electrons. The van der Waals surface area contributed by atoms with Crippen molar-refractivity contribution in [2.24, 2.45) is 5.73 Å². The quantitative estimate of drug-likeness (QED) is 0.806. The second-order valence-corrected chi connectivity index (χ2v) is 4.49. The van der Waals surface area contributed by atoms with E-state index in [2.05, 4.69) is 19.2 Å². The topological polar surface area (TPSA) is 38.0 Å². The van der Waals surface area contributed by atoms with Gasteiger partial charge in [0.2, 0.25) is 0 Å². The predicted octanol–water partition coefficient (Wildman–Crippen LogP) is 2.88. The molecule has 0 aliphatic heterocycles. The molecule has 3 heteroatoms. The van der Waals surface area contributed by atoms with Crippen molar-refractivity contribution in [2.45, 2.75) is 25.8 Å². The van der Waals surface area contributed by atoms with E-state index >= 15 is 0 Å². The summed E-state index contributed by atoms with van der Waals surface area (Å²) >= 11 is 5.80. The highest BCUT2D eigenvalue weighted by Gasteiger charge is 2.15. The first-order valence-corrected chi connectivity index (χ1v) is 5.15. The standard InChI is InChI=1S/C11H17ClN2/c1-11(2,7-8-13)14-10-5-3-9(12)4-6-10/h3-6,14H,7-8,13H2,1-2H3. The fourth-order valence-electron chi connectivity index (χ4n) is 1.35. The maximum Gasteiger partial charge on any atom is 0.0407 e. The summed E-state index contributed by atoms with van der Waals surface area (Å²) in [6.07, 6.45) is 0.940. The van der Waals surface area contributed by atoms with Gasteiger partial charge >= 0.3 is 0 Å². The van der Waals surface area contributed by atoms with Gasteiger partial charge in [-0.15, -0.1) is 0 Å². The van der Waals surface area contributed by atoms with Crippen molar-refractivity contribution in [1.82, 2.24) is 0 Å². The largest absolute Gasteiger partial charge is 0.380 e. The molecule has 78 valence electrons. The minimum Gasteiger partial charge on any atom is -0.380 e. The van der Waals surface area contributed by atoms with Crippen LogP contribution in [0.1, 0.15) is 20.3 Å². The van der Waals surface area contributed by atoms with Gasteiger partial charge in [-0.2, -0.15) is 0 Å². The number of hydrogen-bond donors (Lipinski definition) is 2. The van der Waals surface area contributed by atoms with Crippen LogP contribution in [0.5, 0.6) is 0 Å². The number of rotatable bonds is 4. The summed E-state index contributed by atoms with van der Waals surface area (Å²) in [5, 5.41) is 4.16. The van der Waals surface area contributed by atoms with E-state index in [9.17, 15) is 0 Å². The summed E-state index contributed by atoms with van der Waals surface area (Å²) in [6, 6.07) is 7.70. The van der Waals surface area contributed by atoms with E-state index in [1.54, 1.807) is 0 Å². The SMILES string of the molecule is CC(C)(CCN)Nc1ccc(Cl)cc1. The molecule has 3 N–H and O–H groups in total. The molecule has 14 heavy (non-hydrogen) atoms. The Morgan fingerprint density at radius 1 is 1.29 bits per heavy atom.